The van der Waals surface area contributed by atoms with Crippen LogP contribution in [0.25, 0.3) is 0 Å². The lowest BCUT2D eigenvalue weighted by molar-refractivity contribution is 0.232. The minimum Gasteiger partial charge on any atom is -0.493 e. The molecule has 0 bridgehead atoms. The molecule has 1 N–H and O–H groups in total. The van der Waals surface area contributed by atoms with Gasteiger partial charge in [-0.2, -0.15) is 0 Å². The molecule has 0 saturated heterocycles. The number of rotatable bonds is 9. The van der Waals surface area contributed by atoms with E-state index in [1.54, 1.807) is 0 Å². The summed E-state index contributed by atoms with van der Waals surface area (Å²) in [7, 11) is 0. The maximum atomic E-state index is 8.66. The third-order valence-electron chi connectivity index (χ3n) is 2.39. The minimum absolute atomic E-state index is 0.160. The van der Waals surface area contributed by atoms with E-state index in [0.29, 0.717) is 13.0 Å². The number of ether oxygens (including phenoxy) is 2. The third-order valence-corrected chi connectivity index (χ3v) is 2.39. The van der Waals surface area contributed by atoms with Gasteiger partial charge in [0.05, 0.1) is 13.2 Å². The molecule has 0 aliphatic rings. The second-order valence-corrected chi connectivity index (χ2v) is 3.96. The zero-order valence-corrected chi connectivity index (χ0v) is 10.5. The van der Waals surface area contributed by atoms with Crippen LogP contribution in [0.1, 0.15) is 32.6 Å². The van der Waals surface area contributed by atoms with E-state index in [2.05, 4.69) is 6.92 Å². The van der Waals surface area contributed by atoms with Gasteiger partial charge in [-0.1, -0.05) is 25.8 Å². The Morgan fingerprint density at radius 3 is 2.24 bits per heavy atom. The van der Waals surface area contributed by atoms with Crippen molar-refractivity contribution >= 4 is 0 Å². The minimum atomic E-state index is 0.160. The lowest BCUT2D eigenvalue weighted by atomic mass is 10.3. The molecule has 0 aromatic heterocycles. The van der Waals surface area contributed by atoms with Gasteiger partial charge in [0, 0.05) is 19.1 Å². The molecule has 1 aromatic rings. The van der Waals surface area contributed by atoms with E-state index < -0.39 is 0 Å². The molecule has 0 saturated carbocycles. The van der Waals surface area contributed by atoms with Crippen LogP contribution >= 0.6 is 0 Å². The van der Waals surface area contributed by atoms with Crippen LogP contribution in [0, 0.1) is 0 Å². The summed E-state index contributed by atoms with van der Waals surface area (Å²) in [6.07, 6.45) is 4.15. The van der Waals surface area contributed by atoms with Crippen molar-refractivity contribution in [2.24, 2.45) is 0 Å². The molecular weight excluding hydrogens is 216 g/mol. The van der Waals surface area contributed by atoms with Gasteiger partial charge in [0.2, 0.25) is 0 Å². The summed E-state index contributed by atoms with van der Waals surface area (Å²) in [5, 5.41) is 8.66. The first-order valence-electron chi connectivity index (χ1n) is 6.33. The summed E-state index contributed by atoms with van der Waals surface area (Å²) < 4.78 is 11.1. The van der Waals surface area contributed by atoms with Crippen molar-refractivity contribution in [1.29, 1.82) is 0 Å². The highest BCUT2D eigenvalue weighted by molar-refractivity contribution is 5.32. The number of benzene rings is 1. The number of aliphatic hydroxyl groups is 1. The summed E-state index contributed by atoms with van der Waals surface area (Å²) in [5.74, 6) is 1.65. The van der Waals surface area contributed by atoms with Gasteiger partial charge in [-0.25, -0.2) is 0 Å². The Labute approximate surface area is 103 Å². The topological polar surface area (TPSA) is 38.7 Å². The molecule has 0 unspecified atom stereocenters. The zero-order chi connectivity index (χ0) is 12.3. The quantitative estimate of drug-likeness (QED) is 0.672. The van der Waals surface area contributed by atoms with Crippen molar-refractivity contribution < 1.29 is 14.6 Å². The van der Waals surface area contributed by atoms with Gasteiger partial charge < -0.3 is 14.6 Å². The summed E-state index contributed by atoms with van der Waals surface area (Å²) in [4.78, 5) is 0. The molecule has 1 aromatic carbocycles. The molecule has 3 heteroatoms. The Bertz CT molecular complexity index is 299. The number of aliphatic hydroxyl groups excluding tert-OH is 1. The molecule has 96 valence electrons. The van der Waals surface area contributed by atoms with Gasteiger partial charge in [0.1, 0.15) is 11.5 Å². The molecule has 0 fully saturated rings. The van der Waals surface area contributed by atoms with E-state index in [0.717, 1.165) is 24.5 Å². The average molecular weight is 238 g/mol. The average Bonchev–Trinajstić information content (AvgIpc) is 2.36. The normalized spacial score (nSPS) is 10.2. The molecule has 0 spiro atoms. The molecule has 0 aliphatic heterocycles. The fourth-order valence-corrected chi connectivity index (χ4v) is 1.45. The number of hydrogen-bond donors (Lipinski definition) is 1. The van der Waals surface area contributed by atoms with Crippen LogP contribution in [0.3, 0.4) is 0 Å². The highest BCUT2D eigenvalue weighted by Crippen LogP contribution is 2.19. The van der Waals surface area contributed by atoms with Crippen LogP contribution in [0.2, 0.25) is 0 Å². The third kappa shape index (κ3) is 6.17. The standard InChI is InChI=1S/C14H22O3/c1-2-3-4-10-16-13-7-5-8-14(12-13)17-11-6-9-15/h5,7-8,12,15H,2-4,6,9-11H2,1H3. The maximum absolute atomic E-state index is 8.66. The highest BCUT2D eigenvalue weighted by Gasteiger charge is 1.97. The number of hydrogen-bond acceptors (Lipinski definition) is 3. The Hall–Kier alpha value is -1.22. The molecule has 0 aliphatic carbocycles. The van der Waals surface area contributed by atoms with Crippen LogP contribution in [-0.2, 0) is 0 Å². The van der Waals surface area contributed by atoms with Gasteiger partial charge >= 0.3 is 0 Å². The number of unbranched alkanes of at least 4 members (excludes halogenated alkanes) is 2. The van der Waals surface area contributed by atoms with Crippen molar-refractivity contribution in [3.8, 4) is 11.5 Å². The Morgan fingerprint density at radius 2 is 1.65 bits per heavy atom. The van der Waals surface area contributed by atoms with Crippen LogP contribution < -0.4 is 9.47 Å². The first-order chi connectivity index (χ1) is 8.36. The Kier molecular flexibility index (Phi) is 7.23. The van der Waals surface area contributed by atoms with Crippen LogP contribution in [0.15, 0.2) is 24.3 Å². The van der Waals surface area contributed by atoms with Crippen LogP contribution in [-0.4, -0.2) is 24.9 Å². The molecule has 1 rings (SSSR count). The fraction of sp³-hybridized carbons (Fsp3) is 0.571. The van der Waals surface area contributed by atoms with Crippen LogP contribution in [0.4, 0.5) is 0 Å². The summed E-state index contributed by atoms with van der Waals surface area (Å²) in [5.41, 5.74) is 0. The second kappa shape index (κ2) is 8.88. The molecule has 0 atom stereocenters. The van der Waals surface area contributed by atoms with Gasteiger partial charge in [0.15, 0.2) is 0 Å². The van der Waals surface area contributed by atoms with Crippen molar-refractivity contribution in [3.63, 3.8) is 0 Å². The summed E-state index contributed by atoms with van der Waals surface area (Å²) in [6, 6.07) is 7.65. The largest absolute Gasteiger partial charge is 0.493 e. The molecule has 3 nitrogen and oxygen atoms in total. The zero-order valence-electron chi connectivity index (χ0n) is 10.5. The molecule has 0 radical (unpaired) electrons. The highest BCUT2D eigenvalue weighted by atomic mass is 16.5. The van der Waals surface area contributed by atoms with Crippen LogP contribution in [0.5, 0.6) is 11.5 Å². The van der Waals surface area contributed by atoms with E-state index in [-0.39, 0.29) is 6.61 Å². The Morgan fingerprint density at radius 1 is 1.00 bits per heavy atom. The van der Waals surface area contributed by atoms with E-state index >= 15 is 0 Å². The van der Waals surface area contributed by atoms with E-state index in [4.69, 9.17) is 14.6 Å². The van der Waals surface area contributed by atoms with Gasteiger partial charge in [-0.05, 0) is 18.6 Å². The Balaban J connectivity index is 2.31. The van der Waals surface area contributed by atoms with Crippen molar-refractivity contribution in [2.45, 2.75) is 32.6 Å². The van der Waals surface area contributed by atoms with E-state index in [9.17, 15) is 0 Å². The predicted octanol–water partition coefficient (Wildman–Crippen LogP) is 3.02. The smallest absolute Gasteiger partial charge is 0.122 e. The van der Waals surface area contributed by atoms with E-state index in [1.165, 1.54) is 12.8 Å². The fourth-order valence-electron chi connectivity index (χ4n) is 1.45. The van der Waals surface area contributed by atoms with Crippen molar-refractivity contribution in [2.75, 3.05) is 19.8 Å². The molecular formula is C14H22O3. The van der Waals surface area contributed by atoms with Crippen molar-refractivity contribution in [3.05, 3.63) is 24.3 Å². The lowest BCUT2D eigenvalue weighted by Gasteiger charge is -2.09. The maximum Gasteiger partial charge on any atom is 0.122 e. The van der Waals surface area contributed by atoms with Gasteiger partial charge in [-0.15, -0.1) is 0 Å². The molecule has 0 amide bonds. The SMILES string of the molecule is CCCCCOc1cccc(OCCCO)c1. The lowest BCUT2D eigenvalue weighted by Crippen LogP contribution is -2.00. The van der Waals surface area contributed by atoms with Gasteiger partial charge in [0.25, 0.3) is 0 Å². The molecule has 0 heterocycles. The summed E-state index contributed by atoms with van der Waals surface area (Å²) in [6.45, 7) is 3.63. The van der Waals surface area contributed by atoms with Crippen molar-refractivity contribution in [1.82, 2.24) is 0 Å². The second-order valence-electron chi connectivity index (χ2n) is 3.96. The first-order valence-corrected chi connectivity index (χ1v) is 6.33. The first kappa shape index (κ1) is 13.8. The monoisotopic (exact) mass is 238 g/mol. The summed E-state index contributed by atoms with van der Waals surface area (Å²) >= 11 is 0. The predicted molar refractivity (Wildman–Crippen MR) is 68.7 cm³/mol. The van der Waals surface area contributed by atoms with E-state index in [1.807, 2.05) is 24.3 Å². The van der Waals surface area contributed by atoms with Gasteiger partial charge in [-0.3, -0.25) is 0 Å². The molecule has 17 heavy (non-hydrogen) atoms.